The minimum Gasteiger partial charge on any atom is -0.481 e. The van der Waals surface area contributed by atoms with Gasteiger partial charge in [0.25, 0.3) is 0 Å². The third-order valence-corrected chi connectivity index (χ3v) is 26.0. The summed E-state index contributed by atoms with van der Waals surface area (Å²) in [5, 5.41) is 114. The highest BCUT2D eigenvalue weighted by Crippen LogP contribution is 2.82. The summed E-state index contributed by atoms with van der Waals surface area (Å²) in [6.45, 7) is 8.44. The Morgan fingerprint density at radius 1 is 0.902 bits per heavy atom. The number of allylic oxidation sites excluding steroid dienone is 2. The second kappa shape index (κ2) is 20.0. The summed E-state index contributed by atoms with van der Waals surface area (Å²) in [6.07, 6.45) is 4.17. The van der Waals surface area contributed by atoms with Gasteiger partial charge in [0.2, 0.25) is 5.91 Å². The molecule has 26 unspecified atom stereocenters. The lowest BCUT2D eigenvalue weighted by molar-refractivity contribution is -0.352. The number of amides is 1. The summed E-state index contributed by atoms with van der Waals surface area (Å²) in [7, 11) is 0. The molecule has 2 aromatic rings. The first-order chi connectivity index (χ1) is 39.1. The summed E-state index contributed by atoms with van der Waals surface area (Å²) in [5.41, 5.74) is 2.15. The van der Waals surface area contributed by atoms with Crippen molar-refractivity contribution in [3.8, 4) is 11.8 Å². The van der Waals surface area contributed by atoms with Gasteiger partial charge >= 0.3 is 5.97 Å². The van der Waals surface area contributed by atoms with Crippen LogP contribution in [0.5, 0.6) is 0 Å². The molecule has 2 saturated heterocycles. The molecular weight excluding hydrogens is 1050 g/mol. The molecule has 5 heterocycles. The van der Waals surface area contributed by atoms with Gasteiger partial charge in [0, 0.05) is 60.7 Å². The van der Waals surface area contributed by atoms with Crippen LogP contribution in [-0.2, 0) is 25.5 Å². The maximum Gasteiger partial charge on any atom is 0.310 e. The molecule has 8 fully saturated rings. The van der Waals surface area contributed by atoms with Crippen LogP contribution in [0.2, 0.25) is 0 Å². The minimum atomic E-state index is -1.70. The van der Waals surface area contributed by atoms with Gasteiger partial charge in [-0.05, 0) is 140 Å². The first-order valence-corrected chi connectivity index (χ1v) is 31.0. The summed E-state index contributed by atoms with van der Waals surface area (Å²) in [4.78, 5) is 46.4. The van der Waals surface area contributed by atoms with Crippen LogP contribution in [0.15, 0.2) is 30.5 Å². The number of fused-ring (bicyclic) bond motifs is 8. The van der Waals surface area contributed by atoms with Crippen LogP contribution in [0.3, 0.4) is 0 Å². The largest absolute Gasteiger partial charge is 0.481 e. The Hall–Kier alpha value is -3.98. The Morgan fingerprint density at radius 2 is 1.68 bits per heavy atom. The number of aromatic nitrogens is 4. The molecule has 0 bridgehead atoms. The number of aromatic amines is 2. The van der Waals surface area contributed by atoms with E-state index >= 15 is 4.79 Å². The smallest absolute Gasteiger partial charge is 0.310 e. The normalized spacial score (nSPS) is 49.4. The SMILES string of the molecule is CC1(CO)CCC2(C(=O)O)C(C1)C1=CC3C#CC4CCCC45C(=O)NC(C(c4cnc[nH]4)C(O)CC(N)O)C5CC4C(O)C(OC5OCC(O)C(O)C5O)C(C)(CO)C5CCC(C)(C3C45C3CCCC3)C1(C)C1Cc3[nH]cnc3NCC12. The Balaban J connectivity index is 1.10. The Morgan fingerprint density at radius 3 is 2.39 bits per heavy atom. The van der Waals surface area contributed by atoms with Crippen molar-refractivity contribution in [2.75, 3.05) is 31.7 Å². The molecule has 3 aliphatic heterocycles. The van der Waals surface area contributed by atoms with Crippen molar-refractivity contribution in [3.05, 3.63) is 41.9 Å². The lowest BCUT2D eigenvalue weighted by Gasteiger charge is -2.78. The maximum absolute atomic E-state index is 15.8. The van der Waals surface area contributed by atoms with E-state index < -0.39 is 147 Å². The number of nitrogens with zero attached hydrogens (tertiary/aromatic N) is 2. The zero-order chi connectivity index (χ0) is 57.8. The number of aliphatic hydroxyl groups is 8. The van der Waals surface area contributed by atoms with Crippen LogP contribution >= 0.6 is 0 Å². The highest BCUT2D eigenvalue weighted by atomic mass is 16.7. The number of nitrogens with two attached hydrogens (primary N) is 1. The lowest BCUT2D eigenvalue weighted by Crippen LogP contribution is -2.77. The van der Waals surface area contributed by atoms with E-state index in [4.69, 9.17) is 20.2 Å². The van der Waals surface area contributed by atoms with Crippen LogP contribution in [0.1, 0.15) is 135 Å². The fourth-order valence-corrected chi connectivity index (χ4v) is 22.3. The van der Waals surface area contributed by atoms with E-state index in [0.29, 0.717) is 75.8 Å². The zero-order valence-corrected chi connectivity index (χ0v) is 47.9. The molecule has 1 amide bonds. The molecule has 20 nitrogen and oxygen atoms in total. The average Bonchev–Trinajstić information content (AvgIpc) is 0.793. The highest BCUT2D eigenvalue weighted by molar-refractivity contribution is 5.87. The predicted molar refractivity (Wildman–Crippen MR) is 296 cm³/mol. The molecule has 6 saturated carbocycles. The molecule has 2 aromatic heterocycles. The number of imidazole rings is 2. The van der Waals surface area contributed by atoms with Crippen molar-refractivity contribution in [1.29, 1.82) is 0 Å². The van der Waals surface area contributed by atoms with Gasteiger partial charge in [0.05, 0.1) is 60.7 Å². The van der Waals surface area contributed by atoms with Crippen LogP contribution in [0.25, 0.3) is 0 Å². The number of carbonyl (C=O) groups is 2. The van der Waals surface area contributed by atoms with E-state index in [-0.39, 0.29) is 55.6 Å². The molecule has 13 rings (SSSR count). The lowest BCUT2D eigenvalue weighted by atomic mass is 9.26. The molecule has 26 atom stereocenters. The van der Waals surface area contributed by atoms with Gasteiger partial charge in [-0.25, -0.2) is 9.97 Å². The van der Waals surface area contributed by atoms with Crippen molar-refractivity contribution in [1.82, 2.24) is 25.3 Å². The zero-order valence-electron chi connectivity index (χ0n) is 47.9. The molecule has 82 heavy (non-hydrogen) atoms. The van der Waals surface area contributed by atoms with E-state index in [9.17, 15) is 50.8 Å². The summed E-state index contributed by atoms with van der Waals surface area (Å²) >= 11 is 0. The second-order valence-corrected chi connectivity index (χ2v) is 29.0. The molecule has 11 aliphatic rings. The van der Waals surface area contributed by atoms with Crippen LogP contribution in [0.4, 0.5) is 5.82 Å². The Bertz CT molecular complexity index is 2870. The first-order valence-electron chi connectivity index (χ1n) is 31.0. The first kappa shape index (κ1) is 57.1. The number of hydrogen-bond acceptors (Lipinski definition) is 16. The molecule has 0 aromatic carbocycles. The number of carboxylic acid groups (broad SMARTS) is 1. The average molecular weight is 1140 g/mol. The van der Waals surface area contributed by atoms with Gasteiger partial charge in [0.15, 0.2) is 6.29 Å². The van der Waals surface area contributed by atoms with E-state index in [1.165, 1.54) is 6.33 Å². The maximum atomic E-state index is 15.8. The fourth-order valence-electron chi connectivity index (χ4n) is 22.3. The Kier molecular flexibility index (Phi) is 14.0. The van der Waals surface area contributed by atoms with E-state index in [2.05, 4.69) is 64.3 Å². The number of H-pyrrole nitrogens is 2. The fraction of sp³-hybridized carbons (Fsp3) is 0.806. The van der Waals surface area contributed by atoms with Crippen molar-refractivity contribution < 1.29 is 65.0 Å². The number of ether oxygens (including phenoxy) is 2. The number of aliphatic carboxylic acids is 1. The van der Waals surface area contributed by atoms with Gasteiger partial charge in [-0.2, -0.15) is 0 Å². The molecular formula is C62H89N7O13. The quantitative estimate of drug-likeness (QED) is 0.0666. The standard InChI is InChI=1S/C62H89N7O13/c1-56(26-70)16-17-61(55(79)80)37(22-56)33-18-30-11-12-31-10-7-14-60(31)35(46(69-54(60)78)45(40-24-64-28-66-40)41(72)21-44(63)74)19-36-47(75)51(82-53-49(77)48(76)42(73)25-81-53)57(2,27-71)43-13-15-58(3,50(30)62(36,43)32-8-5-6-9-32)59(33,4)34-20-39-52(68-29-67-39)65-23-38(34)61/h18,24,28-32,34-38,41-51,53,65,70-77H,5-10,13-17,19-23,25-27,63H2,1-4H3,(H,64,66)(H,67,68)(H,69,78)(H,79,80). The molecule has 0 radical (unpaired) electrons. The van der Waals surface area contributed by atoms with E-state index in [1.54, 1.807) is 12.5 Å². The highest BCUT2D eigenvalue weighted by Gasteiger charge is 2.80. The minimum absolute atomic E-state index is 0.0514. The van der Waals surface area contributed by atoms with Crippen molar-refractivity contribution >= 4 is 17.7 Å². The van der Waals surface area contributed by atoms with Gasteiger partial charge in [-0.3, -0.25) is 9.59 Å². The predicted octanol–water partition coefficient (Wildman–Crippen LogP) is 2.92. The topological polar surface area (TPSA) is 342 Å². The third kappa shape index (κ3) is 7.62. The number of carbonyl (C=O) groups excluding carboxylic acids is 1. The van der Waals surface area contributed by atoms with E-state index in [1.807, 2.05) is 6.92 Å². The van der Waals surface area contributed by atoms with Crippen molar-refractivity contribution in [2.24, 2.45) is 103 Å². The number of nitrogens with one attached hydrogen (secondary N) is 4. The summed E-state index contributed by atoms with van der Waals surface area (Å²) in [5.74, 6) is 2.60. The van der Waals surface area contributed by atoms with Gasteiger partial charge < -0.3 is 81.8 Å². The number of aliphatic hydroxyl groups excluding tert-OH is 8. The van der Waals surface area contributed by atoms with Crippen molar-refractivity contribution in [3.63, 3.8) is 0 Å². The number of rotatable bonds is 11. The number of anilines is 1. The number of carboxylic acids is 1. The molecule has 450 valence electrons. The third-order valence-electron chi connectivity index (χ3n) is 26.0. The molecule has 20 heteroatoms. The van der Waals surface area contributed by atoms with E-state index in [0.717, 1.165) is 37.0 Å². The van der Waals surface area contributed by atoms with Crippen molar-refractivity contribution in [2.45, 2.75) is 185 Å². The molecule has 15 N–H and O–H groups in total. The molecule has 8 aliphatic carbocycles. The van der Waals surface area contributed by atoms with Gasteiger partial charge in [-0.1, -0.05) is 70.4 Å². The Labute approximate surface area is 479 Å². The van der Waals surface area contributed by atoms with Crippen LogP contribution < -0.4 is 16.4 Å². The second-order valence-electron chi connectivity index (χ2n) is 29.0. The number of hydrogen-bond donors (Lipinski definition) is 14. The summed E-state index contributed by atoms with van der Waals surface area (Å²) in [6, 6.07) is -0.779. The molecule has 1 spiro atoms. The van der Waals surface area contributed by atoms with Gasteiger partial charge in [-0.15, -0.1) is 0 Å². The van der Waals surface area contributed by atoms with Crippen LogP contribution in [-0.4, -0.2) is 159 Å². The summed E-state index contributed by atoms with van der Waals surface area (Å²) < 4.78 is 13.0. The van der Waals surface area contributed by atoms with Gasteiger partial charge in [0.1, 0.15) is 30.4 Å². The van der Waals surface area contributed by atoms with Crippen LogP contribution in [0, 0.1) is 109 Å². The monoisotopic (exact) mass is 1140 g/mol.